The number of rotatable bonds is 4. The molecule has 0 unspecified atom stereocenters. The molecule has 0 aliphatic heterocycles. The zero-order valence-electron chi connectivity index (χ0n) is 7.79. The number of nitrogens with one attached hydrogen (secondary N) is 1. The second-order valence-corrected chi connectivity index (χ2v) is 3.79. The van der Waals surface area contributed by atoms with E-state index >= 15 is 0 Å². The molecule has 0 atom stereocenters. The molecule has 1 aromatic rings. The van der Waals surface area contributed by atoms with Crippen LogP contribution in [0, 0.1) is 3.57 Å². The third kappa shape index (κ3) is 4.01. The lowest BCUT2D eigenvalue weighted by Crippen LogP contribution is -2.18. The van der Waals surface area contributed by atoms with E-state index in [9.17, 15) is 4.79 Å². The van der Waals surface area contributed by atoms with Crippen molar-refractivity contribution < 1.29 is 9.53 Å². The highest BCUT2D eigenvalue weighted by atomic mass is 127. The number of hydrogen-bond donors (Lipinski definition) is 1. The normalized spacial score (nSPS) is 9.86. The Labute approximate surface area is 96.2 Å². The van der Waals surface area contributed by atoms with Gasteiger partial charge in [-0.2, -0.15) is 0 Å². The monoisotopic (exact) mass is 306 g/mol. The topological polar surface area (TPSA) is 51.2 Å². The van der Waals surface area contributed by atoms with Crippen molar-refractivity contribution in [2.45, 2.75) is 6.92 Å². The first kappa shape index (κ1) is 11.4. The summed E-state index contributed by atoms with van der Waals surface area (Å²) in [7, 11) is 0. The van der Waals surface area contributed by atoms with E-state index < -0.39 is 0 Å². The number of anilines is 1. The number of aromatic nitrogens is 1. The molecule has 0 fully saturated rings. The highest BCUT2D eigenvalue weighted by Crippen LogP contribution is 2.06. The number of carbonyl (C=O) groups excluding carboxylic acids is 1. The minimum Gasteiger partial charge on any atom is -0.372 e. The predicted octanol–water partition coefficient (Wildman–Crippen LogP) is 1.66. The Morgan fingerprint density at radius 2 is 2.43 bits per heavy atom. The van der Waals surface area contributed by atoms with E-state index in [1.54, 1.807) is 12.3 Å². The number of pyridine rings is 1. The average molecular weight is 306 g/mol. The second-order valence-electron chi connectivity index (χ2n) is 2.55. The van der Waals surface area contributed by atoms with Crippen LogP contribution in [0.1, 0.15) is 6.92 Å². The van der Waals surface area contributed by atoms with E-state index in [0.29, 0.717) is 12.4 Å². The van der Waals surface area contributed by atoms with Crippen LogP contribution in [-0.4, -0.2) is 24.1 Å². The molecule has 5 heteroatoms. The molecule has 0 bridgehead atoms. The number of halogens is 1. The largest absolute Gasteiger partial charge is 0.372 e. The lowest BCUT2D eigenvalue weighted by molar-refractivity contribution is -0.120. The van der Waals surface area contributed by atoms with Gasteiger partial charge in [0.2, 0.25) is 0 Å². The Kier molecular flexibility index (Phi) is 4.81. The Bertz CT molecular complexity index is 300. The highest BCUT2D eigenvalue weighted by Gasteiger charge is 2.01. The maximum atomic E-state index is 11.2. The third-order valence-corrected chi connectivity index (χ3v) is 2.07. The Morgan fingerprint density at radius 3 is 3.00 bits per heavy atom. The molecule has 0 aliphatic carbocycles. The maximum Gasteiger partial charge on any atom is 0.251 e. The molecule has 1 N–H and O–H groups in total. The number of ether oxygens (including phenoxy) is 1. The predicted molar refractivity (Wildman–Crippen MR) is 62.1 cm³/mol. The summed E-state index contributed by atoms with van der Waals surface area (Å²) in [5.41, 5.74) is 0. The number of amides is 1. The zero-order valence-corrected chi connectivity index (χ0v) is 9.95. The van der Waals surface area contributed by atoms with Crippen LogP contribution in [0.5, 0.6) is 0 Å². The zero-order chi connectivity index (χ0) is 10.4. The van der Waals surface area contributed by atoms with E-state index in [0.717, 1.165) is 3.57 Å². The molecule has 0 radical (unpaired) electrons. The maximum absolute atomic E-state index is 11.2. The average Bonchev–Trinajstić information content (AvgIpc) is 2.18. The van der Waals surface area contributed by atoms with Gasteiger partial charge in [-0.15, -0.1) is 0 Å². The molecule has 1 heterocycles. The van der Waals surface area contributed by atoms with Crippen molar-refractivity contribution in [3.8, 4) is 0 Å². The van der Waals surface area contributed by atoms with Crippen molar-refractivity contribution in [1.29, 1.82) is 0 Å². The van der Waals surface area contributed by atoms with Gasteiger partial charge in [0.1, 0.15) is 12.4 Å². The second kappa shape index (κ2) is 5.92. The minimum absolute atomic E-state index is 0.0736. The van der Waals surface area contributed by atoms with Crippen molar-refractivity contribution in [1.82, 2.24) is 4.98 Å². The first-order chi connectivity index (χ1) is 6.72. The van der Waals surface area contributed by atoms with Gasteiger partial charge in [-0.25, -0.2) is 4.98 Å². The SMILES string of the molecule is CCOCC(=O)Nc1ccc(I)cn1. The van der Waals surface area contributed by atoms with Gasteiger partial charge in [-0.1, -0.05) is 0 Å². The van der Waals surface area contributed by atoms with E-state index in [-0.39, 0.29) is 12.5 Å². The number of nitrogens with zero attached hydrogens (tertiary/aromatic N) is 1. The molecule has 1 rings (SSSR count). The van der Waals surface area contributed by atoms with Crippen molar-refractivity contribution in [3.63, 3.8) is 0 Å². The van der Waals surface area contributed by atoms with Crippen LogP contribution in [0.25, 0.3) is 0 Å². The summed E-state index contributed by atoms with van der Waals surface area (Å²) < 4.78 is 5.98. The van der Waals surface area contributed by atoms with E-state index in [1.165, 1.54) is 0 Å². The van der Waals surface area contributed by atoms with Crippen LogP contribution in [-0.2, 0) is 9.53 Å². The van der Waals surface area contributed by atoms with Gasteiger partial charge in [0, 0.05) is 16.4 Å². The summed E-state index contributed by atoms with van der Waals surface area (Å²) in [6, 6.07) is 3.63. The fraction of sp³-hybridized carbons (Fsp3) is 0.333. The first-order valence-corrected chi connectivity index (χ1v) is 5.29. The van der Waals surface area contributed by atoms with Crippen molar-refractivity contribution >= 4 is 34.3 Å². The van der Waals surface area contributed by atoms with Crippen LogP contribution >= 0.6 is 22.6 Å². The van der Waals surface area contributed by atoms with Gasteiger partial charge in [0.15, 0.2) is 0 Å². The molecule has 0 aromatic carbocycles. The summed E-state index contributed by atoms with van der Waals surface area (Å²) >= 11 is 2.15. The molecule has 0 aliphatic rings. The summed E-state index contributed by atoms with van der Waals surface area (Å²) in [5, 5.41) is 2.63. The lowest BCUT2D eigenvalue weighted by atomic mass is 10.4. The molecular weight excluding hydrogens is 295 g/mol. The molecule has 0 saturated heterocycles. The van der Waals surface area contributed by atoms with E-state index in [1.807, 2.05) is 13.0 Å². The molecule has 0 saturated carbocycles. The standard InChI is InChI=1S/C9H11IN2O2/c1-2-14-6-9(13)12-8-4-3-7(10)5-11-8/h3-5H,2,6H2,1H3,(H,11,12,13). The Morgan fingerprint density at radius 1 is 1.64 bits per heavy atom. The van der Waals surface area contributed by atoms with Crippen LogP contribution < -0.4 is 5.32 Å². The molecule has 14 heavy (non-hydrogen) atoms. The summed E-state index contributed by atoms with van der Waals surface area (Å²) in [4.78, 5) is 15.2. The van der Waals surface area contributed by atoms with E-state index in [2.05, 4.69) is 32.9 Å². The summed E-state index contributed by atoms with van der Waals surface area (Å²) in [6.45, 7) is 2.45. The number of carbonyl (C=O) groups is 1. The van der Waals surface area contributed by atoms with Crippen molar-refractivity contribution in [2.24, 2.45) is 0 Å². The van der Waals surface area contributed by atoms with Gasteiger partial charge in [-0.05, 0) is 41.6 Å². The summed E-state index contributed by atoms with van der Waals surface area (Å²) in [5.74, 6) is 0.371. The fourth-order valence-corrected chi connectivity index (χ4v) is 1.14. The van der Waals surface area contributed by atoms with Crippen LogP contribution in [0.3, 0.4) is 0 Å². The molecule has 0 spiro atoms. The van der Waals surface area contributed by atoms with Gasteiger partial charge in [0.25, 0.3) is 5.91 Å². The van der Waals surface area contributed by atoms with Gasteiger partial charge in [0.05, 0.1) is 0 Å². The highest BCUT2D eigenvalue weighted by molar-refractivity contribution is 14.1. The molecular formula is C9H11IN2O2. The van der Waals surface area contributed by atoms with Gasteiger partial charge >= 0.3 is 0 Å². The van der Waals surface area contributed by atoms with Crippen LogP contribution in [0.2, 0.25) is 0 Å². The smallest absolute Gasteiger partial charge is 0.251 e. The van der Waals surface area contributed by atoms with Gasteiger partial charge < -0.3 is 10.1 Å². The van der Waals surface area contributed by atoms with Crippen LogP contribution in [0.15, 0.2) is 18.3 Å². The molecule has 76 valence electrons. The fourth-order valence-electron chi connectivity index (χ4n) is 0.823. The molecule has 4 nitrogen and oxygen atoms in total. The quantitative estimate of drug-likeness (QED) is 0.861. The van der Waals surface area contributed by atoms with Crippen LogP contribution in [0.4, 0.5) is 5.82 Å². The third-order valence-electron chi connectivity index (χ3n) is 1.43. The van der Waals surface area contributed by atoms with Crippen molar-refractivity contribution in [2.75, 3.05) is 18.5 Å². The molecule has 1 amide bonds. The molecule has 1 aromatic heterocycles. The number of hydrogen-bond acceptors (Lipinski definition) is 3. The Balaban J connectivity index is 2.44. The first-order valence-electron chi connectivity index (χ1n) is 4.21. The minimum atomic E-state index is -0.180. The van der Waals surface area contributed by atoms with Gasteiger partial charge in [-0.3, -0.25) is 4.79 Å². The lowest BCUT2D eigenvalue weighted by Gasteiger charge is -2.03. The van der Waals surface area contributed by atoms with Crippen molar-refractivity contribution in [3.05, 3.63) is 21.9 Å². The summed E-state index contributed by atoms with van der Waals surface area (Å²) in [6.07, 6.45) is 1.69. The Hall–Kier alpha value is -0.690. The van der Waals surface area contributed by atoms with E-state index in [4.69, 9.17) is 4.74 Å².